The molecule has 3 rings (SSSR count). The standard InChI is InChI=1S/C22H23F6N7O3/c1-11-5-14(32-33-18(11)15-9-35(3)34-19(15)22(26,27)28)8-29-20(36)30-13-6-16(21(23,24)25)31-17(7-13)38-12(2)10-37-4/h5-7,9,12H,8,10H2,1-4H3,(H2,29,30,31,36). The van der Waals surface area contributed by atoms with Crippen LogP contribution in [-0.4, -0.2) is 50.8 Å². The van der Waals surface area contributed by atoms with Gasteiger partial charge in [-0.05, 0) is 31.5 Å². The number of alkyl halides is 6. The average molecular weight is 547 g/mol. The first kappa shape index (κ1) is 28.6. The fraction of sp³-hybridized carbons (Fsp3) is 0.409. The van der Waals surface area contributed by atoms with Gasteiger partial charge in [0.15, 0.2) is 11.4 Å². The number of methoxy groups -OCH3 is 1. The second-order valence-corrected chi connectivity index (χ2v) is 8.20. The number of carbonyl (C=O) groups is 1. The Bertz CT molecular complexity index is 1290. The number of ether oxygens (including phenoxy) is 2. The van der Waals surface area contributed by atoms with Crippen molar-refractivity contribution < 1.29 is 40.6 Å². The van der Waals surface area contributed by atoms with Gasteiger partial charge in [-0.3, -0.25) is 4.68 Å². The lowest BCUT2D eigenvalue weighted by molar-refractivity contribution is -0.142. The first-order valence-electron chi connectivity index (χ1n) is 10.9. The zero-order valence-corrected chi connectivity index (χ0v) is 20.5. The Balaban J connectivity index is 1.72. The van der Waals surface area contributed by atoms with Gasteiger partial charge in [-0.15, -0.1) is 5.10 Å². The number of aryl methyl sites for hydroxylation is 2. The number of hydrogen-bond acceptors (Lipinski definition) is 7. The van der Waals surface area contributed by atoms with Crippen LogP contribution in [0.25, 0.3) is 11.3 Å². The summed E-state index contributed by atoms with van der Waals surface area (Å²) in [7, 11) is 2.74. The van der Waals surface area contributed by atoms with Crippen LogP contribution in [0.3, 0.4) is 0 Å². The predicted molar refractivity (Wildman–Crippen MR) is 121 cm³/mol. The molecule has 0 bridgehead atoms. The molecule has 206 valence electrons. The van der Waals surface area contributed by atoms with Crippen LogP contribution in [0.5, 0.6) is 5.88 Å². The largest absolute Gasteiger partial charge is 0.472 e. The summed E-state index contributed by atoms with van der Waals surface area (Å²) < 4.78 is 90.9. The third-order valence-corrected chi connectivity index (χ3v) is 4.89. The van der Waals surface area contributed by atoms with Crippen LogP contribution in [0.15, 0.2) is 24.4 Å². The van der Waals surface area contributed by atoms with Crippen molar-refractivity contribution in [2.45, 2.75) is 38.8 Å². The molecule has 0 saturated heterocycles. The number of aromatic nitrogens is 5. The molecule has 0 aromatic carbocycles. The topological polar surface area (TPSA) is 116 Å². The van der Waals surface area contributed by atoms with Gasteiger partial charge in [-0.2, -0.15) is 36.5 Å². The van der Waals surface area contributed by atoms with E-state index in [2.05, 4.69) is 30.9 Å². The van der Waals surface area contributed by atoms with Gasteiger partial charge in [0.2, 0.25) is 5.88 Å². The number of pyridine rings is 1. The molecule has 1 atom stereocenters. The molecule has 2 amide bonds. The molecule has 0 spiro atoms. The van der Waals surface area contributed by atoms with Gasteiger partial charge in [0.1, 0.15) is 6.10 Å². The lowest BCUT2D eigenvalue weighted by Gasteiger charge is -2.16. The van der Waals surface area contributed by atoms with Gasteiger partial charge in [0.05, 0.1) is 30.1 Å². The molecule has 10 nitrogen and oxygen atoms in total. The maximum Gasteiger partial charge on any atom is 0.435 e. The van der Waals surface area contributed by atoms with E-state index >= 15 is 0 Å². The Kier molecular flexibility index (Phi) is 8.44. The highest BCUT2D eigenvalue weighted by atomic mass is 19.4. The summed E-state index contributed by atoms with van der Waals surface area (Å²) in [6, 6.07) is 2.30. The first-order chi connectivity index (χ1) is 17.7. The number of urea groups is 1. The summed E-state index contributed by atoms with van der Waals surface area (Å²) in [4.78, 5) is 15.8. The molecule has 3 aromatic heterocycles. The lowest BCUT2D eigenvalue weighted by atomic mass is 10.1. The van der Waals surface area contributed by atoms with Crippen molar-refractivity contribution in [3.05, 3.63) is 47.0 Å². The van der Waals surface area contributed by atoms with Crippen molar-refractivity contribution in [1.29, 1.82) is 0 Å². The van der Waals surface area contributed by atoms with Crippen LogP contribution >= 0.6 is 0 Å². The van der Waals surface area contributed by atoms with Crippen molar-refractivity contribution in [2.24, 2.45) is 7.05 Å². The van der Waals surface area contributed by atoms with Gasteiger partial charge in [0, 0.05) is 32.1 Å². The average Bonchev–Trinajstić information content (AvgIpc) is 3.19. The van der Waals surface area contributed by atoms with Gasteiger partial charge in [-0.1, -0.05) is 0 Å². The van der Waals surface area contributed by atoms with Crippen molar-refractivity contribution in [2.75, 3.05) is 19.0 Å². The summed E-state index contributed by atoms with van der Waals surface area (Å²) in [6.07, 6.45) is -8.94. The number of hydrogen-bond donors (Lipinski definition) is 2. The first-order valence-corrected chi connectivity index (χ1v) is 10.9. The minimum absolute atomic E-state index is 0.0367. The Morgan fingerprint density at radius 1 is 1.11 bits per heavy atom. The van der Waals surface area contributed by atoms with Crippen molar-refractivity contribution in [3.63, 3.8) is 0 Å². The van der Waals surface area contributed by atoms with Crippen LogP contribution in [0, 0.1) is 6.92 Å². The van der Waals surface area contributed by atoms with E-state index in [1.54, 1.807) is 6.92 Å². The molecule has 0 aliphatic rings. The smallest absolute Gasteiger partial charge is 0.435 e. The molecule has 0 radical (unpaired) electrons. The van der Waals surface area contributed by atoms with E-state index in [4.69, 9.17) is 9.47 Å². The minimum atomic E-state index is -4.80. The zero-order valence-electron chi connectivity index (χ0n) is 20.5. The molecule has 3 heterocycles. The second kappa shape index (κ2) is 11.2. The predicted octanol–water partition coefficient (Wildman–Crippen LogP) is 4.35. The maximum absolute atomic E-state index is 13.3. The molecule has 0 saturated carbocycles. The number of carbonyl (C=O) groups excluding carboxylic acids is 1. The number of rotatable bonds is 8. The Hall–Kier alpha value is -3.95. The van der Waals surface area contributed by atoms with Crippen LogP contribution in [0.4, 0.5) is 36.8 Å². The molecule has 0 aliphatic heterocycles. The van der Waals surface area contributed by atoms with Crippen LogP contribution in [0.1, 0.15) is 29.6 Å². The highest BCUT2D eigenvalue weighted by molar-refractivity contribution is 5.89. The van der Waals surface area contributed by atoms with E-state index in [9.17, 15) is 31.1 Å². The minimum Gasteiger partial charge on any atom is -0.472 e. The Labute approximate surface area is 212 Å². The number of anilines is 1. The molecule has 0 aliphatic carbocycles. The highest BCUT2D eigenvalue weighted by Crippen LogP contribution is 2.36. The van der Waals surface area contributed by atoms with Gasteiger partial charge >= 0.3 is 18.4 Å². The molecule has 2 N–H and O–H groups in total. The Morgan fingerprint density at radius 3 is 2.42 bits per heavy atom. The molecule has 3 aromatic rings. The summed E-state index contributed by atoms with van der Waals surface area (Å²) in [5.74, 6) is -0.370. The molecule has 16 heteroatoms. The van der Waals surface area contributed by atoms with Gasteiger partial charge in [0.25, 0.3) is 0 Å². The van der Waals surface area contributed by atoms with Crippen molar-refractivity contribution in [1.82, 2.24) is 30.3 Å². The number of amides is 2. The summed E-state index contributed by atoms with van der Waals surface area (Å²) >= 11 is 0. The van der Waals surface area contributed by atoms with Gasteiger partial charge < -0.3 is 20.1 Å². The third kappa shape index (κ3) is 7.30. The normalized spacial score (nSPS) is 12.8. The Morgan fingerprint density at radius 2 is 1.82 bits per heavy atom. The van der Waals surface area contributed by atoms with E-state index < -0.39 is 35.9 Å². The van der Waals surface area contributed by atoms with E-state index in [1.807, 2.05) is 0 Å². The lowest BCUT2D eigenvalue weighted by Crippen LogP contribution is -2.29. The summed E-state index contributed by atoms with van der Waals surface area (Å²) in [5, 5.41) is 15.8. The fourth-order valence-electron chi connectivity index (χ4n) is 3.37. The van der Waals surface area contributed by atoms with Crippen molar-refractivity contribution in [3.8, 4) is 17.1 Å². The van der Waals surface area contributed by atoms with E-state index in [1.165, 1.54) is 33.3 Å². The monoisotopic (exact) mass is 547 g/mol. The second-order valence-electron chi connectivity index (χ2n) is 8.20. The molecule has 38 heavy (non-hydrogen) atoms. The van der Waals surface area contributed by atoms with Crippen molar-refractivity contribution >= 4 is 11.7 Å². The fourth-order valence-corrected chi connectivity index (χ4v) is 3.37. The van der Waals surface area contributed by atoms with E-state index in [-0.39, 0.29) is 41.7 Å². The molecule has 0 fully saturated rings. The van der Waals surface area contributed by atoms with E-state index in [0.29, 0.717) is 11.6 Å². The summed E-state index contributed by atoms with van der Waals surface area (Å²) in [6.45, 7) is 2.96. The van der Waals surface area contributed by atoms with Gasteiger partial charge in [-0.25, -0.2) is 9.78 Å². The third-order valence-electron chi connectivity index (χ3n) is 4.89. The van der Waals surface area contributed by atoms with Crippen LogP contribution in [-0.2, 0) is 30.7 Å². The number of halogens is 6. The zero-order chi connectivity index (χ0) is 28.3. The maximum atomic E-state index is 13.3. The number of nitrogens with one attached hydrogen (secondary N) is 2. The van der Waals surface area contributed by atoms with E-state index in [0.717, 1.165) is 10.7 Å². The molecule has 1 unspecified atom stereocenters. The van der Waals surface area contributed by atoms with Crippen LogP contribution < -0.4 is 15.4 Å². The highest BCUT2D eigenvalue weighted by Gasteiger charge is 2.38. The molecular formula is C22H23F6N7O3. The van der Waals surface area contributed by atoms with Crippen LogP contribution in [0.2, 0.25) is 0 Å². The number of nitrogens with zero attached hydrogens (tertiary/aromatic N) is 5. The SMILES string of the molecule is COCC(C)Oc1cc(NC(=O)NCc2cc(C)c(-c3cn(C)nc3C(F)(F)F)nn2)cc(C(F)(F)F)n1. The summed E-state index contributed by atoms with van der Waals surface area (Å²) in [5.41, 5.74) is -2.38. The quantitative estimate of drug-likeness (QED) is 0.403. The molecular weight excluding hydrogens is 524 g/mol.